The molecule has 20 heavy (non-hydrogen) atoms. The summed E-state index contributed by atoms with van der Waals surface area (Å²) in [4.78, 5) is 8.01. The lowest BCUT2D eigenvalue weighted by Crippen LogP contribution is -2.10. The summed E-state index contributed by atoms with van der Waals surface area (Å²) in [5, 5.41) is 0.0408. The van der Waals surface area contributed by atoms with Crippen molar-refractivity contribution in [3.8, 4) is 5.88 Å². The molecule has 1 atom stereocenters. The molecular weight excluding hydrogens is 349 g/mol. The Hall–Kier alpha value is -1.40. The molecule has 0 amide bonds. The van der Waals surface area contributed by atoms with E-state index in [1.165, 1.54) is 12.3 Å². The highest BCUT2D eigenvalue weighted by Gasteiger charge is 2.19. The minimum Gasteiger partial charge on any atom is -0.467 e. The molecule has 0 radical (unpaired) electrons. The molecule has 0 aliphatic heterocycles. The number of anilines is 1. The van der Waals surface area contributed by atoms with Gasteiger partial charge in [-0.15, -0.1) is 0 Å². The third kappa shape index (κ3) is 3.02. The number of nitrogen functional groups attached to an aromatic ring is 1. The summed E-state index contributed by atoms with van der Waals surface area (Å²) in [6, 6.07) is 2.97. The number of benzene rings is 1. The van der Waals surface area contributed by atoms with E-state index >= 15 is 0 Å². The molecule has 1 unspecified atom stereocenters. The fourth-order valence-corrected chi connectivity index (χ4v) is 2.47. The zero-order chi connectivity index (χ0) is 14.9. The molecule has 0 aliphatic rings. The summed E-state index contributed by atoms with van der Waals surface area (Å²) in [5.74, 6) is -0.159. The van der Waals surface area contributed by atoms with Crippen LogP contribution in [0.25, 0.3) is 0 Å². The van der Waals surface area contributed by atoms with E-state index in [4.69, 9.17) is 22.1 Å². The molecular formula is C13H12BrClFN3O. The van der Waals surface area contributed by atoms with Crippen LogP contribution in [-0.2, 0) is 0 Å². The van der Waals surface area contributed by atoms with E-state index in [-0.39, 0.29) is 16.7 Å². The number of halogens is 3. The molecule has 1 aromatic carbocycles. The third-order valence-electron chi connectivity index (χ3n) is 2.78. The van der Waals surface area contributed by atoms with Crippen molar-refractivity contribution < 1.29 is 9.13 Å². The molecule has 0 bridgehead atoms. The first-order chi connectivity index (χ1) is 9.40. The van der Waals surface area contributed by atoms with Crippen molar-refractivity contribution >= 4 is 33.3 Å². The van der Waals surface area contributed by atoms with Crippen LogP contribution in [0.4, 0.5) is 10.2 Å². The van der Waals surface area contributed by atoms with E-state index in [1.807, 2.05) is 6.92 Å². The number of rotatable bonds is 3. The highest BCUT2D eigenvalue weighted by Crippen LogP contribution is 2.32. The van der Waals surface area contributed by atoms with Crippen LogP contribution in [0.15, 0.2) is 22.9 Å². The standard InChI is InChI=1S/C13H12BrClFN3O/c1-6-3-4-8(16)11(15)10(6)7(2)20-13-12(17)18-5-9(14)19-13/h3-5,7H,1-2H3,(H2,17,18). The topological polar surface area (TPSA) is 61.0 Å². The SMILES string of the molecule is Cc1ccc(F)c(Cl)c1C(C)Oc1nc(Br)cnc1N. The minimum atomic E-state index is -0.510. The summed E-state index contributed by atoms with van der Waals surface area (Å²) < 4.78 is 19.7. The molecule has 0 aliphatic carbocycles. The van der Waals surface area contributed by atoms with E-state index < -0.39 is 11.9 Å². The highest BCUT2D eigenvalue weighted by atomic mass is 79.9. The van der Waals surface area contributed by atoms with Crippen molar-refractivity contribution in [2.24, 2.45) is 0 Å². The van der Waals surface area contributed by atoms with Gasteiger partial charge >= 0.3 is 0 Å². The van der Waals surface area contributed by atoms with Gasteiger partial charge in [-0.1, -0.05) is 17.7 Å². The fourth-order valence-electron chi connectivity index (χ4n) is 1.84. The van der Waals surface area contributed by atoms with Crippen molar-refractivity contribution in [1.82, 2.24) is 9.97 Å². The summed E-state index contributed by atoms with van der Waals surface area (Å²) >= 11 is 9.19. The Morgan fingerprint density at radius 3 is 2.85 bits per heavy atom. The first kappa shape index (κ1) is 15.0. The molecule has 106 valence electrons. The molecule has 2 aromatic rings. The molecule has 0 saturated carbocycles. The van der Waals surface area contributed by atoms with Crippen LogP contribution in [0.1, 0.15) is 24.2 Å². The maximum absolute atomic E-state index is 13.6. The summed E-state index contributed by atoms with van der Waals surface area (Å²) in [6.07, 6.45) is 0.955. The first-order valence-electron chi connectivity index (χ1n) is 5.79. The van der Waals surface area contributed by atoms with Crippen molar-refractivity contribution in [3.05, 3.63) is 44.9 Å². The molecule has 2 rings (SSSR count). The lowest BCUT2D eigenvalue weighted by molar-refractivity contribution is 0.216. The van der Waals surface area contributed by atoms with Gasteiger partial charge in [-0.2, -0.15) is 0 Å². The molecule has 1 aromatic heterocycles. The Labute approximate surface area is 129 Å². The van der Waals surface area contributed by atoms with Gasteiger partial charge in [-0.3, -0.25) is 0 Å². The van der Waals surface area contributed by atoms with Gasteiger partial charge in [0, 0.05) is 5.56 Å². The Morgan fingerprint density at radius 2 is 2.15 bits per heavy atom. The van der Waals surface area contributed by atoms with E-state index in [9.17, 15) is 4.39 Å². The van der Waals surface area contributed by atoms with E-state index in [2.05, 4.69) is 25.9 Å². The molecule has 7 heteroatoms. The van der Waals surface area contributed by atoms with Crippen molar-refractivity contribution in [3.63, 3.8) is 0 Å². The number of nitrogens with zero attached hydrogens (tertiary/aromatic N) is 2. The number of nitrogens with two attached hydrogens (primary N) is 1. The van der Waals surface area contributed by atoms with Crippen molar-refractivity contribution in [2.75, 3.05) is 5.73 Å². The lowest BCUT2D eigenvalue weighted by atomic mass is 10.0. The average molecular weight is 361 g/mol. The molecule has 0 saturated heterocycles. The Morgan fingerprint density at radius 1 is 1.45 bits per heavy atom. The summed E-state index contributed by atoms with van der Waals surface area (Å²) in [7, 11) is 0. The van der Waals surface area contributed by atoms with Crippen LogP contribution >= 0.6 is 27.5 Å². The Bertz CT molecular complexity index is 654. The van der Waals surface area contributed by atoms with Crippen LogP contribution in [-0.4, -0.2) is 9.97 Å². The maximum atomic E-state index is 13.6. The Balaban J connectivity index is 2.35. The highest BCUT2D eigenvalue weighted by molar-refractivity contribution is 9.10. The van der Waals surface area contributed by atoms with E-state index in [0.717, 1.165) is 5.56 Å². The van der Waals surface area contributed by atoms with Gasteiger partial charge in [0.15, 0.2) is 5.82 Å². The molecule has 1 heterocycles. The average Bonchev–Trinajstić information content (AvgIpc) is 2.39. The number of hydrogen-bond donors (Lipinski definition) is 1. The second kappa shape index (κ2) is 5.93. The van der Waals surface area contributed by atoms with Crippen molar-refractivity contribution in [1.29, 1.82) is 0 Å². The fraction of sp³-hybridized carbons (Fsp3) is 0.231. The predicted molar refractivity (Wildman–Crippen MR) is 79.3 cm³/mol. The van der Waals surface area contributed by atoms with Crippen molar-refractivity contribution in [2.45, 2.75) is 20.0 Å². The zero-order valence-corrected chi connectivity index (χ0v) is 13.2. The Kier molecular flexibility index (Phi) is 4.45. The van der Waals surface area contributed by atoms with Gasteiger partial charge in [0.1, 0.15) is 16.5 Å². The molecule has 4 nitrogen and oxygen atoms in total. The quantitative estimate of drug-likeness (QED) is 0.896. The number of ether oxygens (including phenoxy) is 1. The van der Waals surface area contributed by atoms with Crippen LogP contribution in [0, 0.1) is 12.7 Å². The van der Waals surface area contributed by atoms with Gasteiger partial charge in [0.05, 0.1) is 11.2 Å². The number of hydrogen-bond acceptors (Lipinski definition) is 4. The lowest BCUT2D eigenvalue weighted by Gasteiger charge is -2.18. The van der Waals surface area contributed by atoms with Crippen LogP contribution in [0.2, 0.25) is 5.02 Å². The predicted octanol–water partition coefficient (Wildman–Crippen LogP) is 4.06. The van der Waals surface area contributed by atoms with Gasteiger partial charge < -0.3 is 10.5 Å². The van der Waals surface area contributed by atoms with Crippen LogP contribution in [0.3, 0.4) is 0 Å². The van der Waals surface area contributed by atoms with Gasteiger partial charge in [-0.05, 0) is 41.4 Å². The van der Waals surface area contributed by atoms with Gasteiger partial charge in [0.2, 0.25) is 0 Å². The molecule has 0 spiro atoms. The van der Waals surface area contributed by atoms with Crippen LogP contribution < -0.4 is 10.5 Å². The first-order valence-corrected chi connectivity index (χ1v) is 6.96. The second-order valence-electron chi connectivity index (χ2n) is 4.24. The van der Waals surface area contributed by atoms with E-state index in [1.54, 1.807) is 13.0 Å². The normalized spacial score (nSPS) is 12.2. The van der Waals surface area contributed by atoms with Gasteiger partial charge in [-0.25, -0.2) is 14.4 Å². The smallest absolute Gasteiger partial charge is 0.258 e. The summed E-state index contributed by atoms with van der Waals surface area (Å²) in [5.41, 5.74) is 7.08. The minimum absolute atomic E-state index is 0.0408. The van der Waals surface area contributed by atoms with E-state index in [0.29, 0.717) is 10.2 Å². The van der Waals surface area contributed by atoms with Crippen LogP contribution in [0.5, 0.6) is 5.88 Å². The summed E-state index contributed by atoms with van der Waals surface area (Å²) in [6.45, 7) is 3.58. The number of aryl methyl sites for hydroxylation is 1. The molecule has 2 N–H and O–H groups in total. The monoisotopic (exact) mass is 359 g/mol. The third-order valence-corrected chi connectivity index (χ3v) is 3.55. The zero-order valence-electron chi connectivity index (χ0n) is 10.8. The largest absolute Gasteiger partial charge is 0.467 e. The van der Waals surface area contributed by atoms with Gasteiger partial charge in [0.25, 0.3) is 5.88 Å². The second-order valence-corrected chi connectivity index (χ2v) is 5.43. The number of aromatic nitrogens is 2. The maximum Gasteiger partial charge on any atom is 0.258 e. The molecule has 0 fully saturated rings.